The SMILES string of the molecule is C[C@@H]1CN(C[C@H]2CCCN2C(=O)CCNC(=O)c2ccc(F)cc2F)C[C@H](C)O1. The van der Waals surface area contributed by atoms with E-state index in [1.807, 2.05) is 4.90 Å². The average molecular weight is 409 g/mol. The number of halogens is 2. The van der Waals surface area contributed by atoms with Crippen LogP contribution < -0.4 is 5.32 Å². The average Bonchev–Trinajstić information content (AvgIpc) is 3.08. The first-order valence-electron chi connectivity index (χ1n) is 10.2. The van der Waals surface area contributed by atoms with Crippen LogP contribution >= 0.6 is 0 Å². The highest BCUT2D eigenvalue weighted by atomic mass is 19.1. The van der Waals surface area contributed by atoms with Crippen LogP contribution in [0.5, 0.6) is 0 Å². The molecule has 0 spiro atoms. The lowest BCUT2D eigenvalue weighted by Crippen LogP contribution is -2.51. The molecule has 160 valence electrons. The molecule has 0 aromatic heterocycles. The van der Waals surface area contributed by atoms with Crippen LogP contribution in [0.2, 0.25) is 0 Å². The second kappa shape index (κ2) is 9.63. The topological polar surface area (TPSA) is 61.9 Å². The fraction of sp³-hybridized carbons (Fsp3) is 0.619. The van der Waals surface area contributed by atoms with Gasteiger partial charge >= 0.3 is 0 Å². The Morgan fingerprint density at radius 1 is 1.21 bits per heavy atom. The van der Waals surface area contributed by atoms with Crippen LogP contribution in [0.15, 0.2) is 18.2 Å². The summed E-state index contributed by atoms with van der Waals surface area (Å²) in [5.41, 5.74) is -0.228. The standard InChI is InChI=1S/C21H29F2N3O3/c1-14-11-25(12-15(2)29-14)13-17-4-3-9-26(17)20(27)7-8-24-21(28)18-6-5-16(22)10-19(18)23/h5-6,10,14-15,17H,3-4,7-9,11-13H2,1-2H3,(H,24,28)/t14-,15+,17-/m1/s1. The molecule has 3 rings (SSSR count). The Morgan fingerprint density at radius 3 is 2.62 bits per heavy atom. The normalized spacial score (nSPS) is 25.2. The zero-order valence-electron chi connectivity index (χ0n) is 17.0. The van der Waals surface area contributed by atoms with Crippen molar-refractivity contribution in [3.63, 3.8) is 0 Å². The van der Waals surface area contributed by atoms with Gasteiger partial charge in [0.15, 0.2) is 0 Å². The summed E-state index contributed by atoms with van der Waals surface area (Å²) < 4.78 is 32.4. The predicted molar refractivity (Wildman–Crippen MR) is 104 cm³/mol. The van der Waals surface area contributed by atoms with Crippen LogP contribution in [0, 0.1) is 11.6 Å². The monoisotopic (exact) mass is 409 g/mol. The van der Waals surface area contributed by atoms with E-state index in [4.69, 9.17) is 4.74 Å². The quantitative estimate of drug-likeness (QED) is 0.783. The summed E-state index contributed by atoms with van der Waals surface area (Å²) in [4.78, 5) is 29.0. The first-order chi connectivity index (χ1) is 13.8. The second-order valence-corrected chi connectivity index (χ2v) is 7.99. The number of amides is 2. The van der Waals surface area contributed by atoms with Crippen molar-refractivity contribution in [3.8, 4) is 0 Å². The van der Waals surface area contributed by atoms with Crippen LogP contribution in [0.3, 0.4) is 0 Å². The molecule has 1 aromatic rings. The summed E-state index contributed by atoms with van der Waals surface area (Å²) in [6.45, 7) is 7.52. The third-order valence-corrected chi connectivity index (χ3v) is 5.46. The van der Waals surface area contributed by atoms with Gasteiger partial charge in [0.05, 0.1) is 17.8 Å². The molecule has 2 fully saturated rings. The molecule has 29 heavy (non-hydrogen) atoms. The Morgan fingerprint density at radius 2 is 1.93 bits per heavy atom. The molecule has 2 aliphatic heterocycles. The molecular formula is C21H29F2N3O3. The smallest absolute Gasteiger partial charge is 0.254 e. The van der Waals surface area contributed by atoms with Gasteiger partial charge in [-0.25, -0.2) is 8.78 Å². The van der Waals surface area contributed by atoms with Crippen molar-refractivity contribution in [1.29, 1.82) is 0 Å². The predicted octanol–water partition coefficient (Wildman–Crippen LogP) is 2.18. The minimum Gasteiger partial charge on any atom is -0.373 e. The van der Waals surface area contributed by atoms with Gasteiger partial charge < -0.3 is 15.0 Å². The Bertz CT molecular complexity index is 736. The number of benzene rings is 1. The summed E-state index contributed by atoms with van der Waals surface area (Å²) in [6, 6.07) is 2.97. The number of likely N-dealkylation sites (tertiary alicyclic amines) is 1. The third-order valence-electron chi connectivity index (χ3n) is 5.46. The lowest BCUT2D eigenvalue weighted by Gasteiger charge is -2.38. The highest BCUT2D eigenvalue weighted by molar-refractivity contribution is 5.94. The molecule has 0 aliphatic carbocycles. The van der Waals surface area contributed by atoms with Crippen LogP contribution in [-0.2, 0) is 9.53 Å². The molecule has 0 saturated carbocycles. The Balaban J connectivity index is 1.47. The number of hydrogen-bond acceptors (Lipinski definition) is 4. The maximum absolute atomic E-state index is 13.7. The highest BCUT2D eigenvalue weighted by Crippen LogP contribution is 2.21. The fourth-order valence-electron chi connectivity index (χ4n) is 4.28. The van der Waals surface area contributed by atoms with Gasteiger partial charge in [-0.05, 0) is 38.8 Å². The van der Waals surface area contributed by atoms with Crippen molar-refractivity contribution in [2.45, 2.75) is 51.4 Å². The number of nitrogens with one attached hydrogen (secondary N) is 1. The van der Waals surface area contributed by atoms with Gasteiger partial charge in [-0.15, -0.1) is 0 Å². The Kier molecular flexibility index (Phi) is 7.18. The molecule has 0 unspecified atom stereocenters. The first-order valence-corrected chi connectivity index (χ1v) is 10.2. The maximum Gasteiger partial charge on any atom is 0.254 e. The molecule has 2 aliphatic rings. The van der Waals surface area contributed by atoms with Crippen LogP contribution in [0.25, 0.3) is 0 Å². The summed E-state index contributed by atoms with van der Waals surface area (Å²) >= 11 is 0. The van der Waals surface area contributed by atoms with Gasteiger partial charge in [-0.3, -0.25) is 14.5 Å². The van der Waals surface area contributed by atoms with Gasteiger partial charge in [0.1, 0.15) is 11.6 Å². The van der Waals surface area contributed by atoms with Gasteiger partial charge in [-0.1, -0.05) is 0 Å². The molecule has 6 nitrogen and oxygen atoms in total. The minimum atomic E-state index is -0.914. The summed E-state index contributed by atoms with van der Waals surface area (Å²) in [5, 5.41) is 2.55. The number of ether oxygens (including phenoxy) is 1. The number of hydrogen-bond donors (Lipinski definition) is 1. The molecule has 2 amide bonds. The lowest BCUT2D eigenvalue weighted by atomic mass is 10.1. The number of rotatable bonds is 6. The van der Waals surface area contributed by atoms with E-state index in [0.717, 1.165) is 51.2 Å². The summed E-state index contributed by atoms with van der Waals surface area (Å²) in [5.74, 6) is -2.31. The van der Waals surface area contributed by atoms with E-state index in [1.54, 1.807) is 0 Å². The number of carbonyl (C=O) groups excluding carboxylic acids is 2. The van der Waals surface area contributed by atoms with E-state index in [2.05, 4.69) is 24.1 Å². The fourth-order valence-corrected chi connectivity index (χ4v) is 4.28. The van der Waals surface area contributed by atoms with E-state index in [0.29, 0.717) is 6.07 Å². The third kappa shape index (κ3) is 5.73. The van der Waals surface area contributed by atoms with Crippen LogP contribution in [0.4, 0.5) is 8.78 Å². The van der Waals surface area contributed by atoms with Crippen molar-refractivity contribution in [3.05, 3.63) is 35.4 Å². The highest BCUT2D eigenvalue weighted by Gasteiger charge is 2.32. The Labute approximate surface area is 170 Å². The zero-order valence-corrected chi connectivity index (χ0v) is 17.0. The number of carbonyl (C=O) groups is 2. The molecule has 3 atom stereocenters. The van der Waals surface area contributed by atoms with Gasteiger partial charge in [0, 0.05) is 51.3 Å². The molecule has 1 aromatic carbocycles. The molecule has 0 bridgehead atoms. The van der Waals surface area contributed by atoms with E-state index in [9.17, 15) is 18.4 Å². The number of nitrogens with zero attached hydrogens (tertiary/aromatic N) is 2. The van der Waals surface area contributed by atoms with E-state index in [-0.39, 0.29) is 42.7 Å². The number of morpholine rings is 1. The molecule has 0 radical (unpaired) electrons. The maximum atomic E-state index is 13.7. The van der Waals surface area contributed by atoms with Crippen LogP contribution in [0.1, 0.15) is 43.5 Å². The zero-order chi connectivity index (χ0) is 21.0. The van der Waals surface area contributed by atoms with Gasteiger partial charge in [-0.2, -0.15) is 0 Å². The molecule has 2 heterocycles. The first kappa shape index (κ1) is 21.6. The molecule has 8 heteroatoms. The van der Waals surface area contributed by atoms with Crippen molar-refractivity contribution in [2.24, 2.45) is 0 Å². The van der Waals surface area contributed by atoms with Gasteiger partial charge in [0.2, 0.25) is 5.91 Å². The summed E-state index contributed by atoms with van der Waals surface area (Å²) in [7, 11) is 0. The molecular weight excluding hydrogens is 380 g/mol. The lowest BCUT2D eigenvalue weighted by molar-refractivity contribution is -0.132. The molecule has 2 saturated heterocycles. The Hall–Kier alpha value is -2.06. The van der Waals surface area contributed by atoms with E-state index >= 15 is 0 Å². The summed E-state index contributed by atoms with van der Waals surface area (Å²) in [6.07, 6.45) is 2.47. The molecule has 1 N–H and O–H groups in total. The second-order valence-electron chi connectivity index (χ2n) is 7.99. The van der Waals surface area contributed by atoms with Crippen molar-refractivity contribution < 1.29 is 23.1 Å². The minimum absolute atomic E-state index is 0.0123. The largest absolute Gasteiger partial charge is 0.373 e. The van der Waals surface area contributed by atoms with Crippen LogP contribution in [-0.4, -0.2) is 72.6 Å². The van der Waals surface area contributed by atoms with Crippen molar-refractivity contribution >= 4 is 11.8 Å². The van der Waals surface area contributed by atoms with Crippen molar-refractivity contribution in [1.82, 2.24) is 15.1 Å². The van der Waals surface area contributed by atoms with Gasteiger partial charge in [0.25, 0.3) is 5.91 Å². The van der Waals surface area contributed by atoms with Crippen molar-refractivity contribution in [2.75, 3.05) is 32.7 Å². The van der Waals surface area contributed by atoms with E-state index in [1.165, 1.54) is 0 Å². The van der Waals surface area contributed by atoms with E-state index < -0.39 is 17.5 Å².